The first-order valence-electron chi connectivity index (χ1n) is 9.72. The SMILES string of the molecule is Cc1nc(C(C)NCCNCc2ccc3c(c2)OCCO3)nc(-n2ccnc2)n1. The van der Waals surface area contributed by atoms with E-state index < -0.39 is 0 Å². The molecule has 1 aliphatic rings. The van der Waals surface area contributed by atoms with E-state index in [1.165, 1.54) is 5.56 Å². The number of nitrogens with zero attached hydrogens (tertiary/aromatic N) is 5. The van der Waals surface area contributed by atoms with Gasteiger partial charge in [-0.3, -0.25) is 4.57 Å². The minimum atomic E-state index is 0.00932. The van der Waals surface area contributed by atoms with Crippen LogP contribution in [0.15, 0.2) is 36.9 Å². The van der Waals surface area contributed by atoms with E-state index in [2.05, 4.69) is 36.6 Å². The topological polar surface area (TPSA) is 99.0 Å². The van der Waals surface area contributed by atoms with E-state index in [9.17, 15) is 0 Å². The Morgan fingerprint density at radius 2 is 1.97 bits per heavy atom. The molecule has 0 saturated heterocycles. The number of rotatable bonds is 8. The average molecular weight is 395 g/mol. The van der Waals surface area contributed by atoms with Crippen molar-refractivity contribution in [2.75, 3.05) is 26.3 Å². The fourth-order valence-corrected chi connectivity index (χ4v) is 3.07. The zero-order valence-electron chi connectivity index (χ0n) is 16.6. The van der Waals surface area contributed by atoms with Gasteiger partial charge in [0.15, 0.2) is 17.3 Å². The Morgan fingerprint density at radius 1 is 1.10 bits per heavy atom. The van der Waals surface area contributed by atoms with Crippen LogP contribution in [0.4, 0.5) is 0 Å². The number of aryl methyl sites for hydroxylation is 1. The Kier molecular flexibility index (Phi) is 5.97. The molecule has 2 aromatic heterocycles. The standard InChI is InChI=1S/C20H25N7O2/c1-14(19-24-15(2)25-20(26-19)27-8-7-22-13-27)23-6-5-21-12-16-3-4-17-18(11-16)29-10-9-28-17/h3-4,7-8,11,13-14,21,23H,5-6,9-10,12H2,1-2H3. The van der Waals surface area contributed by atoms with Crippen LogP contribution in [-0.2, 0) is 6.54 Å². The molecule has 4 rings (SSSR count). The molecule has 0 saturated carbocycles. The molecule has 0 spiro atoms. The zero-order valence-corrected chi connectivity index (χ0v) is 16.6. The molecule has 0 radical (unpaired) electrons. The summed E-state index contributed by atoms with van der Waals surface area (Å²) in [7, 11) is 0. The lowest BCUT2D eigenvalue weighted by Gasteiger charge is -2.19. The van der Waals surface area contributed by atoms with Gasteiger partial charge in [-0.1, -0.05) is 6.07 Å². The number of benzene rings is 1. The Morgan fingerprint density at radius 3 is 2.79 bits per heavy atom. The highest BCUT2D eigenvalue weighted by atomic mass is 16.6. The van der Waals surface area contributed by atoms with E-state index in [4.69, 9.17) is 9.47 Å². The van der Waals surface area contributed by atoms with Crippen molar-refractivity contribution in [1.29, 1.82) is 0 Å². The van der Waals surface area contributed by atoms with Gasteiger partial charge in [-0.15, -0.1) is 0 Å². The van der Waals surface area contributed by atoms with E-state index in [0.29, 0.717) is 30.8 Å². The fraction of sp³-hybridized carbons (Fsp3) is 0.400. The second-order valence-corrected chi connectivity index (χ2v) is 6.84. The molecule has 0 aliphatic carbocycles. The molecule has 2 N–H and O–H groups in total. The number of imidazole rings is 1. The first kappa shape index (κ1) is 19.3. The van der Waals surface area contributed by atoms with Crippen molar-refractivity contribution < 1.29 is 9.47 Å². The van der Waals surface area contributed by atoms with Crippen LogP contribution < -0.4 is 20.1 Å². The van der Waals surface area contributed by atoms with Crippen LogP contribution >= 0.6 is 0 Å². The van der Waals surface area contributed by atoms with Gasteiger partial charge in [0.05, 0.1) is 6.04 Å². The lowest BCUT2D eigenvalue weighted by atomic mass is 10.2. The minimum absolute atomic E-state index is 0.00932. The third kappa shape index (κ3) is 4.87. The van der Waals surface area contributed by atoms with Gasteiger partial charge in [0.1, 0.15) is 25.4 Å². The molecular formula is C20H25N7O2. The van der Waals surface area contributed by atoms with Crippen LogP contribution in [0, 0.1) is 6.92 Å². The van der Waals surface area contributed by atoms with Crippen molar-refractivity contribution >= 4 is 0 Å². The van der Waals surface area contributed by atoms with Crippen molar-refractivity contribution in [1.82, 2.24) is 35.1 Å². The predicted octanol–water partition coefficient (Wildman–Crippen LogP) is 1.58. The van der Waals surface area contributed by atoms with Crippen LogP contribution in [0.1, 0.15) is 30.2 Å². The summed E-state index contributed by atoms with van der Waals surface area (Å²) in [5, 5.41) is 6.89. The van der Waals surface area contributed by atoms with E-state index in [0.717, 1.165) is 31.1 Å². The van der Waals surface area contributed by atoms with Crippen LogP contribution in [0.25, 0.3) is 5.95 Å². The third-order valence-corrected chi connectivity index (χ3v) is 4.56. The molecule has 1 aliphatic heterocycles. The maximum Gasteiger partial charge on any atom is 0.238 e. The van der Waals surface area contributed by atoms with Gasteiger partial charge in [0, 0.05) is 32.0 Å². The van der Waals surface area contributed by atoms with E-state index in [1.807, 2.05) is 32.2 Å². The molecular weight excluding hydrogens is 370 g/mol. The molecule has 1 aromatic carbocycles. The highest BCUT2D eigenvalue weighted by Crippen LogP contribution is 2.30. The van der Waals surface area contributed by atoms with Gasteiger partial charge < -0.3 is 20.1 Å². The first-order chi connectivity index (χ1) is 14.2. The fourth-order valence-electron chi connectivity index (χ4n) is 3.07. The number of ether oxygens (including phenoxy) is 2. The Labute approximate surface area is 169 Å². The smallest absolute Gasteiger partial charge is 0.238 e. The normalized spacial score (nSPS) is 14.0. The van der Waals surface area contributed by atoms with Crippen molar-refractivity contribution in [3.05, 3.63) is 54.1 Å². The molecule has 3 heterocycles. The van der Waals surface area contributed by atoms with Gasteiger partial charge in [0.25, 0.3) is 0 Å². The number of hydrogen-bond donors (Lipinski definition) is 2. The number of fused-ring (bicyclic) bond motifs is 1. The molecule has 1 unspecified atom stereocenters. The average Bonchev–Trinajstić information content (AvgIpc) is 3.28. The summed E-state index contributed by atoms with van der Waals surface area (Å²) < 4.78 is 13.0. The summed E-state index contributed by atoms with van der Waals surface area (Å²) in [6.45, 7) is 7.50. The van der Waals surface area contributed by atoms with Crippen molar-refractivity contribution in [3.63, 3.8) is 0 Å². The van der Waals surface area contributed by atoms with Gasteiger partial charge in [-0.2, -0.15) is 9.97 Å². The summed E-state index contributed by atoms with van der Waals surface area (Å²) in [6.07, 6.45) is 5.20. The molecule has 9 heteroatoms. The van der Waals surface area contributed by atoms with Crippen LogP contribution in [0.5, 0.6) is 11.5 Å². The highest BCUT2D eigenvalue weighted by molar-refractivity contribution is 5.43. The largest absolute Gasteiger partial charge is 0.486 e. The summed E-state index contributed by atoms with van der Waals surface area (Å²) in [5.41, 5.74) is 1.17. The lowest BCUT2D eigenvalue weighted by molar-refractivity contribution is 0.171. The van der Waals surface area contributed by atoms with Crippen LogP contribution in [0.3, 0.4) is 0 Å². The monoisotopic (exact) mass is 395 g/mol. The van der Waals surface area contributed by atoms with Crippen molar-refractivity contribution in [3.8, 4) is 17.4 Å². The third-order valence-electron chi connectivity index (χ3n) is 4.56. The number of hydrogen-bond acceptors (Lipinski definition) is 8. The van der Waals surface area contributed by atoms with Gasteiger partial charge in [0.2, 0.25) is 5.95 Å². The molecule has 0 bridgehead atoms. The van der Waals surface area contributed by atoms with Gasteiger partial charge >= 0.3 is 0 Å². The summed E-state index contributed by atoms with van der Waals surface area (Å²) >= 11 is 0. The van der Waals surface area contributed by atoms with Crippen LogP contribution in [0.2, 0.25) is 0 Å². The molecule has 9 nitrogen and oxygen atoms in total. The Balaban J connectivity index is 1.26. The first-order valence-corrected chi connectivity index (χ1v) is 9.72. The summed E-state index contributed by atoms with van der Waals surface area (Å²) in [6, 6.07) is 6.06. The molecule has 0 fully saturated rings. The van der Waals surface area contributed by atoms with Gasteiger partial charge in [-0.25, -0.2) is 9.97 Å². The van der Waals surface area contributed by atoms with Gasteiger partial charge in [-0.05, 0) is 31.5 Å². The molecule has 152 valence electrons. The molecule has 3 aromatic rings. The highest BCUT2D eigenvalue weighted by Gasteiger charge is 2.13. The minimum Gasteiger partial charge on any atom is -0.486 e. The number of aromatic nitrogens is 5. The maximum atomic E-state index is 5.63. The lowest BCUT2D eigenvalue weighted by Crippen LogP contribution is -2.30. The Hall–Kier alpha value is -3.04. The van der Waals surface area contributed by atoms with E-state index >= 15 is 0 Å². The van der Waals surface area contributed by atoms with Crippen molar-refractivity contribution in [2.24, 2.45) is 0 Å². The molecule has 1 atom stereocenters. The molecule has 29 heavy (non-hydrogen) atoms. The quantitative estimate of drug-likeness (QED) is 0.555. The molecule has 0 amide bonds. The number of nitrogens with one attached hydrogen (secondary N) is 2. The zero-order chi connectivity index (χ0) is 20.1. The van der Waals surface area contributed by atoms with E-state index in [1.54, 1.807) is 17.1 Å². The summed E-state index contributed by atoms with van der Waals surface area (Å²) in [5.74, 6) is 3.62. The second-order valence-electron chi connectivity index (χ2n) is 6.84. The maximum absolute atomic E-state index is 5.63. The Bertz CT molecular complexity index is 946. The predicted molar refractivity (Wildman–Crippen MR) is 107 cm³/mol. The second kappa shape index (κ2) is 8.97. The summed E-state index contributed by atoms with van der Waals surface area (Å²) in [4.78, 5) is 17.4. The van der Waals surface area contributed by atoms with E-state index in [-0.39, 0.29) is 6.04 Å². The van der Waals surface area contributed by atoms with Crippen molar-refractivity contribution in [2.45, 2.75) is 26.4 Å². The van der Waals surface area contributed by atoms with Crippen LogP contribution in [-0.4, -0.2) is 50.8 Å².